The molecule has 4 heteroatoms. The topological polar surface area (TPSA) is 64.3 Å². The number of fused-ring (bicyclic) bond motifs is 1. The molecule has 0 fully saturated rings. The van der Waals surface area contributed by atoms with Crippen LogP contribution in [-0.2, 0) is 0 Å². The minimum absolute atomic E-state index is 0.0672. The number of allylic oxidation sites excluding steroid dienone is 2. The van der Waals surface area contributed by atoms with Crippen molar-refractivity contribution in [2.75, 3.05) is 0 Å². The number of hydrogen-bond donors (Lipinski definition) is 0. The van der Waals surface area contributed by atoms with Crippen LogP contribution in [0.1, 0.15) is 56.2 Å². The third kappa shape index (κ3) is 2.65. The number of ketones is 3. The van der Waals surface area contributed by atoms with E-state index in [4.69, 9.17) is 4.42 Å². The minimum atomic E-state index is -0.413. The zero-order valence-corrected chi connectivity index (χ0v) is 15.8. The van der Waals surface area contributed by atoms with Crippen molar-refractivity contribution in [3.63, 3.8) is 0 Å². The maximum Gasteiger partial charge on any atom is 0.229 e. The van der Waals surface area contributed by atoms with Gasteiger partial charge in [-0.3, -0.25) is 14.4 Å². The number of aryl methyl sites for hydroxylation is 1. The van der Waals surface area contributed by atoms with Crippen molar-refractivity contribution in [2.24, 2.45) is 0 Å². The lowest BCUT2D eigenvalue weighted by Crippen LogP contribution is -2.20. The molecule has 0 bridgehead atoms. The Balaban J connectivity index is 2.00. The van der Waals surface area contributed by atoms with E-state index in [0.29, 0.717) is 22.3 Å². The summed E-state index contributed by atoms with van der Waals surface area (Å²) in [5.41, 5.74) is 3.08. The Morgan fingerprint density at radius 1 is 0.750 bits per heavy atom. The summed E-state index contributed by atoms with van der Waals surface area (Å²) >= 11 is 0. The third-order valence-electron chi connectivity index (χ3n) is 5.16. The van der Waals surface area contributed by atoms with Gasteiger partial charge in [0.05, 0.1) is 11.1 Å². The lowest BCUT2D eigenvalue weighted by atomic mass is 9.84. The van der Waals surface area contributed by atoms with E-state index in [1.807, 2.05) is 31.2 Å². The summed E-state index contributed by atoms with van der Waals surface area (Å²) in [6.07, 6.45) is 0. The molecule has 0 saturated heterocycles. The van der Waals surface area contributed by atoms with E-state index in [9.17, 15) is 14.4 Å². The van der Waals surface area contributed by atoms with E-state index in [2.05, 4.69) is 0 Å². The van der Waals surface area contributed by atoms with Crippen molar-refractivity contribution in [1.82, 2.24) is 0 Å². The highest BCUT2D eigenvalue weighted by Crippen LogP contribution is 2.39. The van der Waals surface area contributed by atoms with Gasteiger partial charge >= 0.3 is 0 Å². The van der Waals surface area contributed by atoms with Gasteiger partial charge in [-0.1, -0.05) is 60.2 Å². The second kappa shape index (κ2) is 6.57. The Morgan fingerprint density at radius 2 is 1.32 bits per heavy atom. The molecule has 3 aromatic rings. The molecule has 0 atom stereocenters. The fourth-order valence-electron chi connectivity index (χ4n) is 3.37. The quantitative estimate of drug-likeness (QED) is 0.594. The van der Waals surface area contributed by atoms with E-state index in [-0.39, 0.29) is 34.2 Å². The van der Waals surface area contributed by atoms with Crippen molar-refractivity contribution in [3.8, 4) is 11.3 Å². The molecule has 2 aromatic carbocycles. The highest BCUT2D eigenvalue weighted by atomic mass is 16.4. The number of carbonyl (C=O) groups excluding carboxylic acids is 3. The number of furan rings is 1. The molecule has 1 aromatic heterocycles. The number of hydrogen-bond acceptors (Lipinski definition) is 4. The Labute approximate surface area is 162 Å². The highest BCUT2D eigenvalue weighted by molar-refractivity contribution is 6.31. The molecule has 4 nitrogen and oxygen atoms in total. The minimum Gasteiger partial charge on any atom is -0.451 e. The second-order valence-corrected chi connectivity index (χ2v) is 6.98. The van der Waals surface area contributed by atoms with Gasteiger partial charge in [-0.2, -0.15) is 0 Å². The van der Waals surface area contributed by atoms with Gasteiger partial charge in [0.15, 0.2) is 17.3 Å². The molecule has 1 aliphatic rings. The number of benzene rings is 2. The molecule has 1 aliphatic carbocycles. The molecular weight excluding hydrogens is 352 g/mol. The SMILES string of the molecule is CC1=C(C)C(=O)c2c(-c3ccc(C)cc3)oc(C(=O)c3ccccc3)c2C1=O. The van der Waals surface area contributed by atoms with E-state index in [0.717, 1.165) is 5.56 Å². The summed E-state index contributed by atoms with van der Waals surface area (Å²) in [6.45, 7) is 5.19. The molecule has 138 valence electrons. The van der Waals surface area contributed by atoms with Crippen LogP contribution in [0.5, 0.6) is 0 Å². The summed E-state index contributed by atoms with van der Waals surface area (Å²) < 4.78 is 5.93. The van der Waals surface area contributed by atoms with Crippen molar-refractivity contribution in [1.29, 1.82) is 0 Å². The van der Waals surface area contributed by atoms with Crippen molar-refractivity contribution in [2.45, 2.75) is 20.8 Å². The largest absolute Gasteiger partial charge is 0.451 e. The Kier molecular flexibility index (Phi) is 4.19. The van der Waals surface area contributed by atoms with E-state index < -0.39 is 5.78 Å². The highest BCUT2D eigenvalue weighted by Gasteiger charge is 2.38. The first-order valence-corrected chi connectivity index (χ1v) is 9.00. The fraction of sp³-hybridized carbons (Fsp3) is 0.125. The molecule has 0 aliphatic heterocycles. The van der Waals surface area contributed by atoms with Crippen LogP contribution in [-0.4, -0.2) is 17.3 Å². The van der Waals surface area contributed by atoms with Crippen molar-refractivity contribution in [3.05, 3.63) is 93.8 Å². The van der Waals surface area contributed by atoms with E-state index >= 15 is 0 Å². The van der Waals surface area contributed by atoms with Gasteiger partial charge in [0, 0.05) is 22.3 Å². The zero-order valence-electron chi connectivity index (χ0n) is 15.8. The van der Waals surface area contributed by atoms with Gasteiger partial charge in [-0.25, -0.2) is 0 Å². The summed E-state index contributed by atoms with van der Waals surface area (Å²) in [7, 11) is 0. The first kappa shape index (κ1) is 17.9. The molecule has 0 unspecified atom stereocenters. The lowest BCUT2D eigenvalue weighted by Gasteiger charge is -2.14. The number of carbonyl (C=O) groups is 3. The molecule has 0 radical (unpaired) electrons. The predicted molar refractivity (Wildman–Crippen MR) is 106 cm³/mol. The zero-order chi connectivity index (χ0) is 20.0. The summed E-state index contributed by atoms with van der Waals surface area (Å²) in [5.74, 6) is -0.850. The fourth-order valence-corrected chi connectivity index (χ4v) is 3.37. The van der Waals surface area contributed by atoms with Crippen LogP contribution >= 0.6 is 0 Å². The van der Waals surface area contributed by atoms with Crippen molar-refractivity contribution >= 4 is 17.3 Å². The average molecular weight is 370 g/mol. The molecule has 28 heavy (non-hydrogen) atoms. The van der Waals surface area contributed by atoms with Crippen LogP contribution in [0.25, 0.3) is 11.3 Å². The van der Waals surface area contributed by atoms with Gasteiger partial charge < -0.3 is 4.42 Å². The van der Waals surface area contributed by atoms with E-state index in [1.165, 1.54) is 0 Å². The summed E-state index contributed by atoms with van der Waals surface area (Å²) in [5, 5.41) is 0. The van der Waals surface area contributed by atoms with Crippen LogP contribution in [0.2, 0.25) is 0 Å². The van der Waals surface area contributed by atoms with Crippen LogP contribution in [0.15, 0.2) is 70.2 Å². The second-order valence-electron chi connectivity index (χ2n) is 6.98. The van der Waals surface area contributed by atoms with Gasteiger partial charge in [0.2, 0.25) is 5.78 Å². The number of Topliss-reactive ketones (excluding diaryl/α,β-unsaturated/α-hetero) is 2. The average Bonchev–Trinajstić information content (AvgIpc) is 3.12. The normalized spacial score (nSPS) is 13.7. The maximum atomic E-state index is 13.1. The van der Waals surface area contributed by atoms with Gasteiger partial charge in [0.25, 0.3) is 0 Å². The van der Waals surface area contributed by atoms with Crippen LogP contribution in [0.3, 0.4) is 0 Å². The van der Waals surface area contributed by atoms with Crippen LogP contribution in [0, 0.1) is 6.92 Å². The van der Waals surface area contributed by atoms with E-state index in [1.54, 1.807) is 44.2 Å². The molecule has 4 rings (SSSR count). The smallest absolute Gasteiger partial charge is 0.229 e. The summed E-state index contributed by atoms with van der Waals surface area (Å²) in [6, 6.07) is 16.0. The van der Waals surface area contributed by atoms with Crippen LogP contribution in [0.4, 0.5) is 0 Å². The van der Waals surface area contributed by atoms with Gasteiger partial charge in [-0.05, 0) is 20.8 Å². The first-order chi connectivity index (χ1) is 13.4. The summed E-state index contributed by atoms with van der Waals surface area (Å²) in [4.78, 5) is 39.1. The van der Waals surface area contributed by atoms with Crippen LogP contribution < -0.4 is 0 Å². The Hall–Kier alpha value is -3.53. The Bertz CT molecular complexity index is 1160. The molecule has 0 N–H and O–H groups in total. The molecule has 0 spiro atoms. The monoisotopic (exact) mass is 370 g/mol. The van der Waals surface area contributed by atoms with Gasteiger partial charge in [-0.15, -0.1) is 0 Å². The lowest BCUT2D eigenvalue weighted by molar-refractivity contribution is 0.0965. The predicted octanol–water partition coefficient (Wildman–Crippen LogP) is 5.20. The first-order valence-electron chi connectivity index (χ1n) is 9.00. The maximum absolute atomic E-state index is 13.1. The molecular formula is C24H18O4. The standard InChI is InChI=1S/C24H18O4/c1-13-9-11-17(12-10-13)23-18-19(21(26)15(3)14(2)20(18)25)24(28-23)22(27)16-7-5-4-6-8-16/h4-12H,1-3H3. The molecule has 1 heterocycles. The number of rotatable bonds is 3. The molecule has 0 amide bonds. The molecule has 0 saturated carbocycles. The van der Waals surface area contributed by atoms with Gasteiger partial charge in [0.1, 0.15) is 5.76 Å². The third-order valence-corrected chi connectivity index (χ3v) is 5.16. The van der Waals surface area contributed by atoms with Crippen molar-refractivity contribution < 1.29 is 18.8 Å². The Morgan fingerprint density at radius 3 is 1.93 bits per heavy atom.